The van der Waals surface area contributed by atoms with Gasteiger partial charge in [-0.15, -0.1) is 0 Å². The van der Waals surface area contributed by atoms with Crippen LogP contribution in [0.4, 0.5) is 5.69 Å². The van der Waals surface area contributed by atoms with Crippen molar-refractivity contribution in [3.8, 4) is 5.75 Å². The van der Waals surface area contributed by atoms with Gasteiger partial charge in [-0.1, -0.05) is 37.3 Å². The van der Waals surface area contributed by atoms with E-state index in [0.29, 0.717) is 18.9 Å². The minimum Gasteiger partial charge on any atom is -0.508 e. The first-order valence-electron chi connectivity index (χ1n) is 8.77. The van der Waals surface area contributed by atoms with Crippen molar-refractivity contribution in [2.75, 3.05) is 19.0 Å². The van der Waals surface area contributed by atoms with Crippen LogP contribution in [-0.2, 0) is 16.0 Å². The number of esters is 1. The first-order valence-corrected chi connectivity index (χ1v) is 8.77. The lowest BCUT2D eigenvalue weighted by atomic mass is 9.93. The summed E-state index contributed by atoms with van der Waals surface area (Å²) in [6.07, 6.45) is 3.52. The highest BCUT2D eigenvalue weighted by Gasteiger charge is 2.09. The van der Waals surface area contributed by atoms with E-state index in [4.69, 9.17) is 0 Å². The molecule has 0 saturated heterocycles. The van der Waals surface area contributed by atoms with E-state index in [1.807, 2.05) is 18.2 Å². The van der Waals surface area contributed by atoms with Gasteiger partial charge < -0.3 is 15.2 Å². The Balaban J connectivity index is 1.87. The van der Waals surface area contributed by atoms with E-state index in [9.17, 15) is 9.90 Å². The molecule has 0 aromatic heterocycles. The summed E-state index contributed by atoms with van der Waals surface area (Å²) >= 11 is 0. The van der Waals surface area contributed by atoms with Crippen molar-refractivity contribution in [1.82, 2.24) is 0 Å². The van der Waals surface area contributed by atoms with Crippen molar-refractivity contribution in [1.29, 1.82) is 0 Å². The SMILES string of the molecule is COC(=O)CCNc1cc(O)cc(C(C)CCCc2ccccc2)c1. The number of aromatic hydroxyl groups is 1. The topological polar surface area (TPSA) is 58.6 Å². The van der Waals surface area contributed by atoms with Gasteiger partial charge in [-0.2, -0.15) is 0 Å². The van der Waals surface area contributed by atoms with E-state index >= 15 is 0 Å². The molecule has 0 bridgehead atoms. The molecule has 0 radical (unpaired) electrons. The summed E-state index contributed by atoms with van der Waals surface area (Å²) in [6.45, 7) is 2.66. The molecule has 4 nitrogen and oxygen atoms in total. The van der Waals surface area contributed by atoms with Gasteiger partial charge >= 0.3 is 5.97 Å². The lowest BCUT2D eigenvalue weighted by molar-refractivity contribution is -0.140. The molecule has 0 heterocycles. The Kier molecular flexibility index (Phi) is 7.33. The molecule has 0 amide bonds. The number of hydrogen-bond donors (Lipinski definition) is 2. The van der Waals surface area contributed by atoms with E-state index in [2.05, 4.69) is 41.2 Å². The van der Waals surface area contributed by atoms with E-state index in [-0.39, 0.29) is 11.7 Å². The van der Waals surface area contributed by atoms with Crippen LogP contribution in [0.1, 0.15) is 43.2 Å². The lowest BCUT2D eigenvalue weighted by Crippen LogP contribution is -2.10. The van der Waals surface area contributed by atoms with Gasteiger partial charge in [-0.05, 0) is 48.4 Å². The highest BCUT2D eigenvalue weighted by molar-refractivity contribution is 5.70. The summed E-state index contributed by atoms with van der Waals surface area (Å²) in [5, 5.41) is 13.1. The number of phenolic OH excluding ortho intramolecular Hbond substituents is 1. The molecule has 0 aliphatic carbocycles. The van der Waals surface area contributed by atoms with E-state index < -0.39 is 0 Å². The molecular weight excluding hydrogens is 314 g/mol. The van der Waals surface area contributed by atoms with Gasteiger partial charge in [-0.3, -0.25) is 4.79 Å². The van der Waals surface area contributed by atoms with E-state index in [1.165, 1.54) is 12.7 Å². The molecule has 2 aromatic rings. The number of ether oxygens (including phenoxy) is 1. The number of hydrogen-bond acceptors (Lipinski definition) is 4. The predicted molar refractivity (Wildman–Crippen MR) is 101 cm³/mol. The first-order chi connectivity index (χ1) is 12.1. The van der Waals surface area contributed by atoms with E-state index in [1.54, 1.807) is 6.07 Å². The summed E-state index contributed by atoms with van der Waals surface area (Å²) in [4.78, 5) is 11.2. The summed E-state index contributed by atoms with van der Waals surface area (Å²) in [7, 11) is 1.38. The standard InChI is InChI=1S/C21H27NO3/c1-16(7-6-10-17-8-4-3-5-9-17)18-13-19(15-20(23)14-18)22-12-11-21(24)25-2/h3-5,8-9,13-16,22-23H,6-7,10-12H2,1-2H3. The minimum absolute atomic E-state index is 0.243. The number of benzene rings is 2. The number of phenols is 1. The Morgan fingerprint density at radius 1 is 1.20 bits per heavy atom. The van der Waals surface area contributed by atoms with Crippen LogP contribution in [0.2, 0.25) is 0 Å². The molecule has 0 spiro atoms. The summed E-state index contributed by atoms with van der Waals surface area (Å²) < 4.78 is 4.63. The van der Waals surface area contributed by atoms with Crippen LogP contribution >= 0.6 is 0 Å². The average molecular weight is 341 g/mol. The van der Waals surface area contributed by atoms with Gasteiger partial charge in [0, 0.05) is 18.3 Å². The zero-order valence-electron chi connectivity index (χ0n) is 15.0. The van der Waals surface area contributed by atoms with Gasteiger partial charge in [0.25, 0.3) is 0 Å². The lowest BCUT2D eigenvalue weighted by Gasteiger charge is -2.15. The largest absolute Gasteiger partial charge is 0.508 e. The van der Waals surface area contributed by atoms with Gasteiger partial charge in [-0.25, -0.2) is 0 Å². The zero-order valence-corrected chi connectivity index (χ0v) is 15.0. The first kappa shape index (κ1) is 18.8. The molecule has 0 aliphatic heterocycles. The minimum atomic E-state index is -0.248. The number of rotatable bonds is 9. The summed E-state index contributed by atoms with van der Waals surface area (Å²) in [5.74, 6) is 0.354. The zero-order chi connectivity index (χ0) is 18.1. The fourth-order valence-electron chi connectivity index (χ4n) is 2.86. The Morgan fingerprint density at radius 2 is 1.96 bits per heavy atom. The fourth-order valence-corrected chi connectivity index (χ4v) is 2.86. The predicted octanol–water partition coefficient (Wildman–Crippen LogP) is 4.49. The summed E-state index contributed by atoms with van der Waals surface area (Å²) in [5.41, 5.74) is 3.29. The highest BCUT2D eigenvalue weighted by atomic mass is 16.5. The smallest absolute Gasteiger partial charge is 0.307 e. The maximum atomic E-state index is 11.2. The number of methoxy groups -OCH3 is 1. The van der Waals surface area contributed by atoms with Crippen molar-refractivity contribution in [2.24, 2.45) is 0 Å². The summed E-state index contributed by atoms with van der Waals surface area (Å²) in [6, 6.07) is 16.0. The maximum Gasteiger partial charge on any atom is 0.307 e. The van der Waals surface area contributed by atoms with Gasteiger partial charge in [0.2, 0.25) is 0 Å². The van der Waals surface area contributed by atoms with Crippen LogP contribution in [0.3, 0.4) is 0 Å². The van der Waals surface area contributed by atoms with Gasteiger partial charge in [0.1, 0.15) is 5.75 Å². The molecule has 25 heavy (non-hydrogen) atoms. The Labute approximate surface area is 149 Å². The van der Waals surface area contributed by atoms with Crippen LogP contribution in [0.15, 0.2) is 48.5 Å². The molecule has 2 rings (SSSR count). The quantitative estimate of drug-likeness (QED) is 0.660. The highest BCUT2D eigenvalue weighted by Crippen LogP contribution is 2.28. The third-order valence-electron chi connectivity index (χ3n) is 4.34. The molecule has 2 aromatic carbocycles. The molecule has 2 N–H and O–H groups in total. The number of nitrogens with one attached hydrogen (secondary N) is 1. The Bertz CT molecular complexity index is 670. The number of anilines is 1. The molecule has 134 valence electrons. The van der Waals surface area contributed by atoms with Crippen LogP contribution in [0.25, 0.3) is 0 Å². The molecule has 0 aliphatic rings. The molecule has 1 atom stereocenters. The van der Waals surface area contributed by atoms with Crippen molar-refractivity contribution in [2.45, 2.75) is 38.5 Å². The van der Waals surface area contributed by atoms with Crippen LogP contribution in [-0.4, -0.2) is 24.7 Å². The van der Waals surface area contributed by atoms with Crippen LogP contribution in [0.5, 0.6) is 5.75 Å². The normalized spacial score (nSPS) is 11.8. The second-order valence-electron chi connectivity index (χ2n) is 6.35. The third kappa shape index (κ3) is 6.49. The fraction of sp³-hybridized carbons (Fsp3) is 0.381. The molecule has 4 heteroatoms. The average Bonchev–Trinajstić information content (AvgIpc) is 2.62. The van der Waals surface area contributed by atoms with E-state index in [0.717, 1.165) is 30.5 Å². The van der Waals surface area contributed by atoms with Crippen LogP contribution < -0.4 is 5.32 Å². The number of carbonyl (C=O) groups is 1. The second-order valence-corrected chi connectivity index (χ2v) is 6.35. The molecule has 1 unspecified atom stereocenters. The van der Waals surface area contributed by atoms with Gasteiger partial charge in [0.05, 0.1) is 13.5 Å². The second kappa shape index (κ2) is 9.72. The maximum absolute atomic E-state index is 11.2. The number of carbonyl (C=O) groups excluding carboxylic acids is 1. The van der Waals surface area contributed by atoms with Crippen molar-refractivity contribution in [3.05, 3.63) is 59.7 Å². The molecular formula is C21H27NO3. The van der Waals surface area contributed by atoms with Crippen molar-refractivity contribution in [3.63, 3.8) is 0 Å². The Morgan fingerprint density at radius 3 is 2.68 bits per heavy atom. The van der Waals surface area contributed by atoms with Gasteiger partial charge in [0.15, 0.2) is 0 Å². The third-order valence-corrected chi connectivity index (χ3v) is 4.34. The van der Waals surface area contributed by atoms with Crippen LogP contribution in [0, 0.1) is 0 Å². The molecule has 0 saturated carbocycles. The Hall–Kier alpha value is -2.49. The number of aryl methyl sites for hydroxylation is 1. The monoisotopic (exact) mass is 341 g/mol. The van der Waals surface area contributed by atoms with Crippen molar-refractivity contribution < 1.29 is 14.6 Å². The molecule has 0 fully saturated rings. The van der Waals surface area contributed by atoms with Crippen molar-refractivity contribution >= 4 is 11.7 Å².